The number of hydrogen-bond acceptors (Lipinski definition) is 3. The molecule has 0 saturated heterocycles. The average Bonchev–Trinajstić information content (AvgIpc) is 2.94. The van der Waals surface area contributed by atoms with E-state index in [-0.39, 0.29) is 5.82 Å². The summed E-state index contributed by atoms with van der Waals surface area (Å²) in [6.07, 6.45) is 2.02. The molecule has 1 heterocycles. The number of aliphatic imine (C=N–C) groups is 1. The van der Waals surface area contributed by atoms with E-state index < -0.39 is 0 Å². The first kappa shape index (κ1) is 21.3. The molecule has 0 aliphatic carbocycles. The van der Waals surface area contributed by atoms with Gasteiger partial charge in [0.15, 0.2) is 5.96 Å². The van der Waals surface area contributed by atoms with E-state index in [1.165, 1.54) is 11.8 Å². The monoisotopic (exact) mass is 391 g/mol. The van der Waals surface area contributed by atoms with Crippen LogP contribution < -0.4 is 10.6 Å². The van der Waals surface area contributed by atoms with Crippen LogP contribution in [0.4, 0.5) is 4.39 Å². The number of aromatic nitrogens is 2. The maximum Gasteiger partial charge on any atom is 0.191 e. The molecular formula is C20H30FN5S. The van der Waals surface area contributed by atoms with Crippen molar-refractivity contribution in [3.63, 3.8) is 0 Å². The molecule has 1 aromatic carbocycles. The highest BCUT2D eigenvalue weighted by atomic mass is 32.2. The summed E-state index contributed by atoms with van der Waals surface area (Å²) in [5.41, 5.74) is 4.33. The van der Waals surface area contributed by atoms with Crippen LogP contribution in [-0.2, 0) is 18.8 Å². The quantitative estimate of drug-likeness (QED) is 0.534. The zero-order valence-corrected chi connectivity index (χ0v) is 17.7. The van der Waals surface area contributed by atoms with Crippen molar-refractivity contribution in [1.29, 1.82) is 0 Å². The summed E-state index contributed by atoms with van der Waals surface area (Å²) >= 11 is 1.69. The van der Waals surface area contributed by atoms with Gasteiger partial charge in [0, 0.05) is 38.1 Å². The van der Waals surface area contributed by atoms with Gasteiger partial charge in [0.05, 0.1) is 5.69 Å². The number of halogens is 1. The molecule has 0 radical (unpaired) electrons. The van der Waals surface area contributed by atoms with Crippen LogP contribution in [0.15, 0.2) is 29.3 Å². The third-order valence-corrected chi connectivity index (χ3v) is 4.94. The molecule has 1 atom stereocenters. The Bertz CT molecular complexity index is 772. The van der Waals surface area contributed by atoms with Gasteiger partial charge in [-0.1, -0.05) is 13.0 Å². The molecule has 0 bridgehead atoms. The fourth-order valence-corrected chi connectivity index (χ4v) is 3.53. The number of benzene rings is 1. The Kier molecular flexibility index (Phi) is 8.16. The summed E-state index contributed by atoms with van der Waals surface area (Å²) in [7, 11) is 1.76. The van der Waals surface area contributed by atoms with Gasteiger partial charge in [0.25, 0.3) is 0 Å². The van der Waals surface area contributed by atoms with Gasteiger partial charge in [0.1, 0.15) is 5.82 Å². The van der Waals surface area contributed by atoms with E-state index >= 15 is 0 Å². The van der Waals surface area contributed by atoms with Crippen molar-refractivity contribution in [2.24, 2.45) is 10.9 Å². The van der Waals surface area contributed by atoms with E-state index in [9.17, 15) is 4.39 Å². The van der Waals surface area contributed by atoms with Gasteiger partial charge in [-0.15, -0.1) is 0 Å². The maximum atomic E-state index is 13.5. The third-order valence-electron chi connectivity index (χ3n) is 4.34. The first-order chi connectivity index (χ1) is 12.9. The Balaban J connectivity index is 1.86. The first-order valence-corrected chi connectivity index (χ1v) is 10.5. The first-order valence-electron chi connectivity index (χ1n) is 9.14. The van der Waals surface area contributed by atoms with E-state index in [4.69, 9.17) is 0 Å². The van der Waals surface area contributed by atoms with Crippen molar-refractivity contribution in [2.75, 3.05) is 19.8 Å². The van der Waals surface area contributed by atoms with Gasteiger partial charge in [-0.05, 0) is 55.3 Å². The molecule has 1 unspecified atom stereocenters. The Labute approximate surface area is 165 Å². The molecule has 27 heavy (non-hydrogen) atoms. The molecule has 1 aromatic heterocycles. The lowest BCUT2D eigenvalue weighted by atomic mass is 10.1. The summed E-state index contributed by atoms with van der Waals surface area (Å²) in [6, 6.07) is 7.05. The number of nitrogens with zero attached hydrogens (tertiary/aromatic N) is 3. The normalized spacial score (nSPS) is 12.9. The van der Waals surface area contributed by atoms with Gasteiger partial charge in [-0.25, -0.2) is 4.39 Å². The van der Waals surface area contributed by atoms with E-state index in [0.29, 0.717) is 12.5 Å². The minimum atomic E-state index is -0.191. The minimum Gasteiger partial charge on any atom is -0.356 e. The Morgan fingerprint density at radius 2 is 2.04 bits per heavy atom. The van der Waals surface area contributed by atoms with Crippen molar-refractivity contribution in [2.45, 2.75) is 39.6 Å². The molecule has 148 valence electrons. The zero-order chi connectivity index (χ0) is 19.8. The van der Waals surface area contributed by atoms with Gasteiger partial charge in [0.2, 0.25) is 0 Å². The lowest BCUT2D eigenvalue weighted by Crippen LogP contribution is -2.39. The molecule has 5 nitrogen and oxygen atoms in total. The molecule has 7 heteroatoms. The number of thioether (sulfide) groups is 1. The number of guanidine groups is 1. The highest BCUT2D eigenvalue weighted by molar-refractivity contribution is 7.97. The SMILES string of the molecule is CN=C(NCc1ccc(F)cc1CSC)NCC(C)Cn1nc(C)cc1C. The molecule has 2 rings (SSSR count). The van der Waals surface area contributed by atoms with Crippen LogP contribution in [0.3, 0.4) is 0 Å². The smallest absolute Gasteiger partial charge is 0.191 e. The second kappa shape index (κ2) is 10.3. The fraction of sp³-hybridized carbons (Fsp3) is 0.500. The Hall–Kier alpha value is -2.02. The molecule has 0 amide bonds. The van der Waals surface area contributed by atoms with Gasteiger partial charge >= 0.3 is 0 Å². The second-order valence-corrected chi connectivity index (χ2v) is 7.73. The van der Waals surface area contributed by atoms with Crippen LogP contribution in [0.1, 0.15) is 29.4 Å². The van der Waals surface area contributed by atoms with Crippen molar-refractivity contribution in [1.82, 2.24) is 20.4 Å². The Morgan fingerprint density at radius 1 is 1.26 bits per heavy atom. The van der Waals surface area contributed by atoms with Crippen LogP contribution in [0.25, 0.3) is 0 Å². The van der Waals surface area contributed by atoms with Crippen molar-refractivity contribution in [3.8, 4) is 0 Å². The summed E-state index contributed by atoms with van der Waals surface area (Å²) in [4.78, 5) is 4.29. The lowest BCUT2D eigenvalue weighted by molar-refractivity contribution is 0.436. The number of hydrogen-bond donors (Lipinski definition) is 2. The number of rotatable bonds is 8. The maximum absolute atomic E-state index is 13.5. The summed E-state index contributed by atoms with van der Waals surface area (Å²) in [6.45, 7) is 8.54. The standard InChI is InChI=1S/C20H30FN5S/c1-14(12-26-16(3)8-15(2)25-26)10-23-20(22-4)24-11-17-6-7-19(21)9-18(17)13-27-5/h6-9,14H,10-13H2,1-5H3,(H2,22,23,24). The molecule has 0 saturated carbocycles. The van der Waals surface area contributed by atoms with E-state index in [2.05, 4.69) is 40.6 Å². The van der Waals surface area contributed by atoms with Crippen LogP contribution in [-0.4, -0.2) is 35.6 Å². The van der Waals surface area contributed by atoms with Crippen LogP contribution in [0, 0.1) is 25.6 Å². The predicted octanol–water partition coefficient (Wildman–Crippen LogP) is 3.50. The number of aryl methyl sites for hydroxylation is 2. The van der Waals surface area contributed by atoms with E-state index in [1.807, 2.05) is 23.9 Å². The number of nitrogens with one attached hydrogen (secondary N) is 2. The molecule has 0 aliphatic heterocycles. The Morgan fingerprint density at radius 3 is 2.67 bits per heavy atom. The predicted molar refractivity (Wildman–Crippen MR) is 113 cm³/mol. The highest BCUT2D eigenvalue weighted by Crippen LogP contribution is 2.16. The largest absolute Gasteiger partial charge is 0.356 e. The van der Waals surface area contributed by atoms with E-state index in [0.717, 1.165) is 41.6 Å². The van der Waals surface area contributed by atoms with Crippen molar-refractivity contribution >= 4 is 17.7 Å². The van der Waals surface area contributed by atoms with Gasteiger partial charge in [-0.3, -0.25) is 9.67 Å². The molecule has 2 aromatic rings. The van der Waals surface area contributed by atoms with E-state index in [1.54, 1.807) is 24.9 Å². The lowest BCUT2D eigenvalue weighted by Gasteiger charge is -2.17. The van der Waals surface area contributed by atoms with Crippen LogP contribution in [0.2, 0.25) is 0 Å². The molecular weight excluding hydrogens is 361 g/mol. The zero-order valence-electron chi connectivity index (χ0n) is 16.8. The summed E-state index contributed by atoms with van der Waals surface area (Å²) in [5, 5.41) is 11.2. The van der Waals surface area contributed by atoms with Crippen molar-refractivity contribution in [3.05, 3.63) is 52.6 Å². The van der Waals surface area contributed by atoms with Crippen LogP contribution in [0.5, 0.6) is 0 Å². The highest BCUT2D eigenvalue weighted by Gasteiger charge is 2.09. The molecule has 0 fully saturated rings. The van der Waals surface area contributed by atoms with Crippen LogP contribution >= 0.6 is 11.8 Å². The topological polar surface area (TPSA) is 54.2 Å². The minimum absolute atomic E-state index is 0.191. The summed E-state index contributed by atoms with van der Waals surface area (Å²) in [5.74, 6) is 1.75. The average molecular weight is 392 g/mol. The summed E-state index contributed by atoms with van der Waals surface area (Å²) < 4.78 is 15.5. The third kappa shape index (κ3) is 6.57. The molecule has 0 spiro atoms. The molecule has 0 aliphatic rings. The fourth-order valence-electron chi connectivity index (χ4n) is 2.95. The second-order valence-electron chi connectivity index (χ2n) is 6.87. The molecule has 2 N–H and O–H groups in total. The van der Waals surface area contributed by atoms with Gasteiger partial charge in [-0.2, -0.15) is 16.9 Å². The van der Waals surface area contributed by atoms with Gasteiger partial charge < -0.3 is 10.6 Å². The van der Waals surface area contributed by atoms with Crippen molar-refractivity contribution < 1.29 is 4.39 Å².